The molecule has 0 saturated carbocycles. The van der Waals surface area contributed by atoms with E-state index < -0.39 is 10.0 Å². The minimum Gasteiger partial charge on any atom is -0.356 e. The Labute approximate surface area is 142 Å². The Hall–Kier alpha value is -1.09. The lowest BCUT2D eigenvalue weighted by Crippen LogP contribution is -2.39. The van der Waals surface area contributed by atoms with Gasteiger partial charge < -0.3 is 15.6 Å². The molecule has 9 heteroatoms. The number of carbonyl (C=O) groups is 1. The average molecular weight is 363 g/mol. The molecule has 0 radical (unpaired) electrons. The maximum atomic E-state index is 12.7. The summed E-state index contributed by atoms with van der Waals surface area (Å²) in [5.41, 5.74) is 6.00. The number of hydrogen-bond acceptors (Lipinski definition) is 4. The summed E-state index contributed by atoms with van der Waals surface area (Å²) in [6, 6.07) is 1.31. The van der Waals surface area contributed by atoms with Gasteiger partial charge in [-0.1, -0.05) is 0 Å². The van der Waals surface area contributed by atoms with Crippen molar-refractivity contribution in [2.24, 2.45) is 5.73 Å². The molecule has 1 atom stereocenters. The number of hydrogen-bond donors (Lipinski definition) is 2. The van der Waals surface area contributed by atoms with Crippen LogP contribution in [0.3, 0.4) is 0 Å². The van der Waals surface area contributed by atoms with E-state index in [9.17, 15) is 13.2 Å². The number of amides is 1. The minimum absolute atomic E-state index is 0. The van der Waals surface area contributed by atoms with Crippen LogP contribution in [0, 0.1) is 0 Å². The highest BCUT2D eigenvalue weighted by Gasteiger charge is 2.35. The van der Waals surface area contributed by atoms with Gasteiger partial charge in [-0.2, -0.15) is 4.31 Å². The normalized spacial score (nSPS) is 22.3. The lowest BCUT2D eigenvalue weighted by atomic mass is 10.2. The molecule has 2 aliphatic heterocycles. The predicted molar refractivity (Wildman–Crippen MR) is 89.1 cm³/mol. The Balaban J connectivity index is 0.00000192. The second kappa shape index (κ2) is 7.21. The average Bonchev–Trinajstić information content (AvgIpc) is 3.26. The molecule has 0 spiro atoms. The standard InChI is InChI=1S/C14H22N4O3S.ClH/c15-9-11-4-3-7-18(11)22(20,21)12-8-13(16-10-12)14(19)17-5-1-2-6-17;/h8,10-11,16H,1-7,9,15H2;1H. The fourth-order valence-electron chi connectivity index (χ4n) is 3.23. The molecular formula is C14H23ClN4O3S. The van der Waals surface area contributed by atoms with Gasteiger partial charge in [0.1, 0.15) is 10.6 Å². The molecule has 3 heterocycles. The summed E-state index contributed by atoms with van der Waals surface area (Å²) in [7, 11) is -3.58. The van der Waals surface area contributed by atoms with Gasteiger partial charge in [-0.05, 0) is 31.7 Å². The van der Waals surface area contributed by atoms with Gasteiger partial charge in [0.15, 0.2) is 0 Å². The van der Waals surface area contributed by atoms with E-state index in [1.807, 2.05) is 0 Å². The number of likely N-dealkylation sites (tertiary alicyclic amines) is 1. The molecule has 7 nitrogen and oxygen atoms in total. The van der Waals surface area contributed by atoms with Crippen LogP contribution < -0.4 is 5.73 Å². The minimum atomic E-state index is -3.58. The Bertz CT molecular complexity index is 655. The van der Waals surface area contributed by atoms with Crippen LogP contribution in [-0.4, -0.2) is 60.7 Å². The lowest BCUT2D eigenvalue weighted by molar-refractivity contribution is 0.0787. The SMILES string of the molecule is Cl.NCC1CCCN1S(=O)(=O)c1c[nH]c(C(=O)N2CCCC2)c1. The van der Waals surface area contributed by atoms with Crippen LogP contribution >= 0.6 is 12.4 Å². The molecule has 130 valence electrons. The molecular weight excluding hydrogens is 340 g/mol. The summed E-state index contributed by atoms with van der Waals surface area (Å²) in [5, 5.41) is 0. The van der Waals surface area contributed by atoms with Crippen molar-refractivity contribution in [1.29, 1.82) is 0 Å². The van der Waals surface area contributed by atoms with Crippen molar-refractivity contribution in [3.05, 3.63) is 18.0 Å². The molecule has 1 unspecified atom stereocenters. The summed E-state index contributed by atoms with van der Waals surface area (Å²) >= 11 is 0. The van der Waals surface area contributed by atoms with Crippen LogP contribution in [0.4, 0.5) is 0 Å². The largest absolute Gasteiger partial charge is 0.356 e. The third kappa shape index (κ3) is 3.40. The summed E-state index contributed by atoms with van der Waals surface area (Å²) < 4.78 is 26.8. The van der Waals surface area contributed by atoms with Gasteiger partial charge in [0, 0.05) is 38.4 Å². The number of halogens is 1. The molecule has 23 heavy (non-hydrogen) atoms. The van der Waals surface area contributed by atoms with Crippen molar-refractivity contribution in [3.8, 4) is 0 Å². The second-order valence-electron chi connectivity index (χ2n) is 5.90. The number of aromatic nitrogens is 1. The number of H-pyrrole nitrogens is 1. The van der Waals surface area contributed by atoms with E-state index in [-0.39, 0.29) is 29.3 Å². The number of sulfonamides is 1. The highest BCUT2D eigenvalue weighted by atomic mass is 35.5. The van der Waals surface area contributed by atoms with Crippen LogP contribution in [0.2, 0.25) is 0 Å². The van der Waals surface area contributed by atoms with Crippen LogP contribution in [0.5, 0.6) is 0 Å². The topological polar surface area (TPSA) is 99.5 Å². The fourth-order valence-corrected chi connectivity index (χ4v) is 4.93. The molecule has 2 aliphatic rings. The van der Waals surface area contributed by atoms with E-state index in [4.69, 9.17) is 5.73 Å². The predicted octanol–water partition coefficient (Wildman–Crippen LogP) is 0.784. The Morgan fingerprint density at radius 3 is 2.61 bits per heavy atom. The Kier molecular flexibility index (Phi) is 5.72. The zero-order chi connectivity index (χ0) is 15.7. The van der Waals surface area contributed by atoms with Gasteiger partial charge in [-0.15, -0.1) is 12.4 Å². The van der Waals surface area contributed by atoms with Gasteiger partial charge in [0.25, 0.3) is 5.91 Å². The smallest absolute Gasteiger partial charge is 0.270 e. The van der Waals surface area contributed by atoms with Gasteiger partial charge in [0.2, 0.25) is 10.0 Å². The molecule has 3 N–H and O–H groups in total. The van der Waals surface area contributed by atoms with Crippen molar-refractivity contribution in [1.82, 2.24) is 14.2 Å². The first-order chi connectivity index (χ1) is 10.5. The summed E-state index contributed by atoms with van der Waals surface area (Å²) in [4.78, 5) is 17.0. The highest BCUT2D eigenvalue weighted by molar-refractivity contribution is 7.89. The first-order valence-electron chi connectivity index (χ1n) is 7.73. The van der Waals surface area contributed by atoms with Crippen molar-refractivity contribution in [3.63, 3.8) is 0 Å². The number of carbonyl (C=O) groups excluding carboxylic acids is 1. The molecule has 0 aromatic carbocycles. The van der Waals surface area contributed by atoms with Crippen molar-refractivity contribution < 1.29 is 13.2 Å². The first-order valence-corrected chi connectivity index (χ1v) is 9.17. The molecule has 1 aromatic rings. The maximum absolute atomic E-state index is 12.7. The van der Waals surface area contributed by atoms with E-state index in [2.05, 4.69) is 4.98 Å². The van der Waals surface area contributed by atoms with Crippen LogP contribution in [-0.2, 0) is 10.0 Å². The zero-order valence-electron chi connectivity index (χ0n) is 12.9. The van der Waals surface area contributed by atoms with Crippen molar-refractivity contribution in [2.75, 3.05) is 26.2 Å². The number of nitrogens with two attached hydrogens (primary N) is 1. The van der Waals surface area contributed by atoms with E-state index in [0.29, 0.717) is 18.8 Å². The zero-order valence-corrected chi connectivity index (χ0v) is 14.5. The number of rotatable bonds is 4. The lowest BCUT2D eigenvalue weighted by Gasteiger charge is -2.22. The van der Waals surface area contributed by atoms with Gasteiger partial charge in [0.05, 0.1) is 0 Å². The molecule has 0 bridgehead atoms. The van der Waals surface area contributed by atoms with Crippen molar-refractivity contribution >= 4 is 28.3 Å². The van der Waals surface area contributed by atoms with E-state index in [0.717, 1.165) is 38.8 Å². The van der Waals surface area contributed by atoms with Gasteiger partial charge in [-0.25, -0.2) is 8.42 Å². The van der Waals surface area contributed by atoms with Gasteiger partial charge >= 0.3 is 0 Å². The fraction of sp³-hybridized carbons (Fsp3) is 0.643. The van der Waals surface area contributed by atoms with Gasteiger partial charge in [-0.3, -0.25) is 4.79 Å². The quantitative estimate of drug-likeness (QED) is 0.826. The molecule has 2 fully saturated rings. The highest BCUT2D eigenvalue weighted by Crippen LogP contribution is 2.26. The van der Waals surface area contributed by atoms with E-state index >= 15 is 0 Å². The van der Waals surface area contributed by atoms with Crippen LogP contribution in [0.15, 0.2) is 17.2 Å². The van der Waals surface area contributed by atoms with E-state index in [1.165, 1.54) is 16.6 Å². The number of nitrogens with zero attached hydrogens (tertiary/aromatic N) is 2. The third-order valence-electron chi connectivity index (χ3n) is 4.48. The summed E-state index contributed by atoms with van der Waals surface area (Å²) in [6.07, 6.45) is 5.03. The molecule has 2 saturated heterocycles. The van der Waals surface area contributed by atoms with Crippen LogP contribution in [0.1, 0.15) is 36.2 Å². The molecule has 3 rings (SSSR count). The number of aromatic amines is 1. The Morgan fingerprint density at radius 1 is 1.26 bits per heavy atom. The molecule has 1 amide bonds. The summed E-state index contributed by atoms with van der Waals surface area (Å²) in [5.74, 6) is -0.129. The summed E-state index contributed by atoms with van der Waals surface area (Å²) in [6.45, 7) is 2.29. The molecule has 1 aromatic heterocycles. The first kappa shape index (κ1) is 18.3. The third-order valence-corrected chi connectivity index (χ3v) is 6.41. The van der Waals surface area contributed by atoms with E-state index in [1.54, 1.807) is 4.90 Å². The maximum Gasteiger partial charge on any atom is 0.270 e. The number of nitrogens with one attached hydrogen (secondary N) is 1. The van der Waals surface area contributed by atoms with Crippen LogP contribution in [0.25, 0.3) is 0 Å². The monoisotopic (exact) mass is 362 g/mol. The second-order valence-corrected chi connectivity index (χ2v) is 7.79. The Morgan fingerprint density at radius 2 is 1.96 bits per heavy atom. The molecule has 0 aliphatic carbocycles. The van der Waals surface area contributed by atoms with Crippen molar-refractivity contribution in [2.45, 2.75) is 36.6 Å².